The van der Waals surface area contributed by atoms with Crippen molar-refractivity contribution in [3.8, 4) is 5.75 Å². The van der Waals surface area contributed by atoms with Crippen LogP contribution in [0, 0.1) is 6.92 Å². The van der Waals surface area contributed by atoms with Crippen molar-refractivity contribution in [1.29, 1.82) is 0 Å². The molecule has 0 saturated carbocycles. The molecule has 6 heteroatoms. The molecule has 21 heavy (non-hydrogen) atoms. The molecule has 0 aliphatic carbocycles. The molecule has 1 unspecified atom stereocenters. The lowest BCUT2D eigenvalue weighted by Gasteiger charge is -2.32. The first-order valence-corrected chi connectivity index (χ1v) is 6.79. The van der Waals surface area contributed by atoms with Crippen molar-refractivity contribution in [3.05, 3.63) is 29.3 Å². The van der Waals surface area contributed by atoms with Gasteiger partial charge in [0.2, 0.25) is 0 Å². The molecular formula is C15H19NO5. The van der Waals surface area contributed by atoms with Crippen LogP contribution < -0.4 is 0 Å². The highest BCUT2D eigenvalue weighted by Crippen LogP contribution is 2.24. The number of methoxy groups -OCH3 is 1. The minimum absolute atomic E-state index is 0.00138. The molecule has 1 atom stereocenters. The molecule has 1 heterocycles. The normalized spacial score (nSPS) is 18.4. The summed E-state index contributed by atoms with van der Waals surface area (Å²) in [5.74, 6) is -0.624. The molecule has 0 spiro atoms. The summed E-state index contributed by atoms with van der Waals surface area (Å²) in [6.45, 7) is 2.84. The molecule has 0 aromatic heterocycles. The number of phenolic OH excluding ortho intramolecular Hbond substituents is 1. The average molecular weight is 293 g/mol. The molecule has 1 aromatic carbocycles. The van der Waals surface area contributed by atoms with Gasteiger partial charge in [-0.05, 0) is 18.6 Å². The van der Waals surface area contributed by atoms with Gasteiger partial charge in [-0.1, -0.05) is 12.1 Å². The Kier molecular flexibility index (Phi) is 4.80. The molecule has 0 bridgehead atoms. The third kappa shape index (κ3) is 3.52. The van der Waals surface area contributed by atoms with Crippen LogP contribution in [0.3, 0.4) is 0 Å². The predicted octanol–water partition coefficient (Wildman–Crippen LogP) is 1.10. The Bertz CT molecular complexity index is 543. The molecule has 2 rings (SSSR count). The summed E-state index contributed by atoms with van der Waals surface area (Å²) in [5, 5.41) is 10.00. The number of amides is 1. The van der Waals surface area contributed by atoms with Gasteiger partial charge in [0, 0.05) is 13.1 Å². The SMILES string of the molecule is COC(=O)CC1CN(C(=O)c2cccc(C)c2O)CCO1. The van der Waals surface area contributed by atoms with Crippen LogP contribution in [0.5, 0.6) is 5.75 Å². The number of para-hydroxylation sites is 1. The van der Waals surface area contributed by atoms with E-state index >= 15 is 0 Å². The van der Waals surface area contributed by atoms with E-state index in [1.54, 1.807) is 30.0 Å². The Morgan fingerprint density at radius 3 is 2.95 bits per heavy atom. The number of ether oxygens (including phenoxy) is 2. The zero-order chi connectivity index (χ0) is 15.4. The van der Waals surface area contributed by atoms with Gasteiger partial charge in [0.25, 0.3) is 5.91 Å². The van der Waals surface area contributed by atoms with E-state index in [2.05, 4.69) is 4.74 Å². The molecule has 0 radical (unpaired) electrons. The Labute approximate surface area is 123 Å². The van der Waals surface area contributed by atoms with Crippen molar-refractivity contribution in [1.82, 2.24) is 4.90 Å². The highest BCUT2D eigenvalue weighted by molar-refractivity contribution is 5.97. The number of aryl methyl sites for hydroxylation is 1. The Balaban J connectivity index is 2.08. The quantitative estimate of drug-likeness (QED) is 0.845. The van der Waals surface area contributed by atoms with Gasteiger partial charge in [0.15, 0.2) is 0 Å². The molecule has 1 aliphatic heterocycles. The molecule has 114 valence electrons. The average Bonchev–Trinajstić information content (AvgIpc) is 2.49. The van der Waals surface area contributed by atoms with Crippen molar-refractivity contribution in [2.75, 3.05) is 26.8 Å². The van der Waals surface area contributed by atoms with Gasteiger partial charge < -0.3 is 19.5 Å². The predicted molar refractivity (Wildman–Crippen MR) is 75.1 cm³/mol. The molecule has 1 saturated heterocycles. The lowest BCUT2D eigenvalue weighted by molar-refractivity contribution is -0.145. The Morgan fingerprint density at radius 2 is 2.24 bits per heavy atom. The number of aromatic hydroxyl groups is 1. The van der Waals surface area contributed by atoms with Crippen molar-refractivity contribution < 1.29 is 24.2 Å². The number of esters is 1. The summed E-state index contributed by atoms with van der Waals surface area (Å²) in [6, 6.07) is 5.07. The number of hydrogen-bond donors (Lipinski definition) is 1. The van der Waals surface area contributed by atoms with Gasteiger partial charge in [-0.25, -0.2) is 0 Å². The fourth-order valence-electron chi connectivity index (χ4n) is 2.30. The third-order valence-electron chi connectivity index (χ3n) is 3.52. The zero-order valence-electron chi connectivity index (χ0n) is 12.2. The van der Waals surface area contributed by atoms with E-state index in [1.807, 2.05) is 0 Å². The Hall–Kier alpha value is -2.08. The maximum Gasteiger partial charge on any atom is 0.308 e. The van der Waals surface area contributed by atoms with Gasteiger partial charge in [-0.2, -0.15) is 0 Å². The minimum Gasteiger partial charge on any atom is -0.507 e. The maximum atomic E-state index is 12.5. The standard InChI is InChI=1S/C15H19NO5/c1-10-4-3-5-12(14(10)18)15(19)16-6-7-21-11(9-16)8-13(17)20-2/h3-5,11,18H,6-9H2,1-2H3. The van der Waals surface area contributed by atoms with Crippen LogP contribution in [-0.2, 0) is 14.3 Å². The molecule has 1 aromatic rings. The lowest BCUT2D eigenvalue weighted by atomic mass is 10.1. The van der Waals surface area contributed by atoms with Crippen LogP contribution >= 0.6 is 0 Å². The van der Waals surface area contributed by atoms with Crippen LogP contribution in [-0.4, -0.2) is 54.8 Å². The summed E-state index contributed by atoms with van der Waals surface area (Å²) < 4.78 is 10.1. The summed E-state index contributed by atoms with van der Waals surface area (Å²) in [7, 11) is 1.32. The van der Waals surface area contributed by atoms with Crippen LogP contribution in [0.15, 0.2) is 18.2 Å². The summed E-state index contributed by atoms with van der Waals surface area (Å²) in [5.41, 5.74) is 0.925. The molecule has 1 fully saturated rings. The van der Waals surface area contributed by atoms with Gasteiger partial charge in [0.1, 0.15) is 5.75 Å². The monoisotopic (exact) mass is 293 g/mol. The van der Waals surface area contributed by atoms with E-state index in [0.717, 1.165) is 0 Å². The highest BCUT2D eigenvalue weighted by atomic mass is 16.5. The fraction of sp³-hybridized carbons (Fsp3) is 0.467. The van der Waals surface area contributed by atoms with Crippen LogP contribution in [0.25, 0.3) is 0 Å². The number of benzene rings is 1. The van der Waals surface area contributed by atoms with Gasteiger partial charge in [0.05, 0.1) is 31.8 Å². The van der Waals surface area contributed by atoms with Gasteiger partial charge >= 0.3 is 5.97 Å². The van der Waals surface area contributed by atoms with E-state index in [0.29, 0.717) is 25.3 Å². The topological polar surface area (TPSA) is 76.1 Å². The number of morpholine rings is 1. The molecular weight excluding hydrogens is 274 g/mol. The van der Waals surface area contributed by atoms with Crippen LogP contribution in [0.4, 0.5) is 0 Å². The summed E-state index contributed by atoms with van der Waals surface area (Å²) in [4.78, 5) is 25.3. The smallest absolute Gasteiger partial charge is 0.308 e. The van der Waals surface area contributed by atoms with E-state index < -0.39 is 0 Å². The zero-order valence-corrected chi connectivity index (χ0v) is 12.2. The number of phenols is 1. The molecule has 1 amide bonds. The number of rotatable bonds is 3. The van der Waals surface area contributed by atoms with Crippen LogP contribution in [0.1, 0.15) is 22.3 Å². The van der Waals surface area contributed by atoms with Crippen molar-refractivity contribution in [2.24, 2.45) is 0 Å². The first kappa shape index (κ1) is 15.3. The van der Waals surface area contributed by atoms with Gasteiger partial charge in [-0.15, -0.1) is 0 Å². The highest BCUT2D eigenvalue weighted by Gasteiger charge is 2.28. The number of hydrogen-bond acceptors (Lipinski definition) is 5. The first-order valence-electron chi connectivity index (χ1n) is 6.79. The van der Waals surface area contributed by atoms with Crippen molar-refractivity contribution >= 4 is 11.9 Å². The Morgan fingerprint density at radius 1 is 1.48 bits per heavy atom. The molecule has 1 aliphatic rings. The van der Waals surface area contributed by atoms with E-state index in [9.17, 15) is 14.7 Å². The number of carbonyl (C=O) groups excluding carboxylic acids is 2. The van der Waals surface area contributed by atoms with Gasteiger partial charge in [-0.3, -0.25) is 9.59 Å². The number of nitrogens with zero attached hydrogens (tertiary/aromatic N) is 1. The second-order valence-corrected chi connectivity index (χ2v) is 5.00. The third-order valence-corrected chi connectivity index (χ3v) is 3.52. The molecule has 1 N–H and O–H groups in total. The minimum atomic E-state index is -0.373. The van der Waals surface area contributed by atoms with E-state index in [4.69, 9.17) is 4.74 Å². The van der Waals surface area contributed by atoms with Crippen molar-refractivity contribution in [3.63, 3.8) is 0 Å². The van der Waals surface area contributed by atoms with Crippen molar-refractivity contribution in [2.45, 2.75) is 19.4 Å². The van der Waals surface area contributed by atoms with E-state index in [-0.39, 0.29) is 35.7 Å². The lowest BCUT2D eigenvalue weighted by Crippen LogP contribution is -2.46. The fourth-order valence-corrected chi connectivity index (χ4v) is 2.30. The maximum absolute atomic E-state index is 12.5. The molecule has 6 nitrogen and oxygen atoms in total. The largest absolute Gasteiger partial charge is 0.507 e. The second kappa shape index (κ2) is 6.58. The summed E-state index contributed by atoms with van der Waals surface area (Å²) in [6.07, 6.45) is -0.262. The van der Waals surface area contributed by atoms with Crippen LogP contribution in [0.2, 0.25) is 0 Å². The van der Waals surface area contributed by atoms with E-state index in [1.165, 1.54) is 7.11 Å². The summed E-state index contributed by atoms with van der Waals surface area (Å²) >= 11 is 0. The number of carbonyl (C=O) groups is 2. The first-order chi connectivity index (χ1) is 10.0. The second-order valence-electron chi connectivity index (χ2n) is 5.00.